The van der Waals surface area contributed by atoms with E-state index in [4.69, 9.17) is 0 Å². The Morgan fingerprint density at radius 2 is 2.17 bits per heavy atom. The first-order chi connectivity index (χ1) is 8.49. The highest BCUT2D eigenvalue weighted by Gasteiger charge is 2.26. The molecule has 100 valence electrons. The van der Waals surface area contributed by atoms with Gasteiger partial charge in [-0.3, -0.25) is 0 Å². The summed E-state index contributed by atoms with van der Waals surface area (Å²) in [4.78, 5) is 0.347. The first-order valence-corrected chi connectivity index (χ1v) is 7.77. The van der Waals surface area contributed by atoms with Crippen molar-refractivity contribution in [1.29, 1.82) is 0 Å². The number of piperidine rings is 1. The summed E-state index contributed by atoms with van der Waals surface area (Å²) in [5, 5.41) is 3.22. The van der Waals surface area contributed by atoms with Crippen LogP contribution in [-0.2, 0) is 10.0 Å². The molecule has 0 radical (unpaired) electrons. The molecule has 1 aromatic rings. The van der Waals surface area contributed by atoms with Crippen molar-refractivity contribution in [2.24, 2.45) is 5.92 Å². The van der Waals surface area contributed by atoms with Crippen molar-refractivity contribution in [1.82, 2.24) is 10.0 Å². The Morgan fingerprint density at radius 1 is 1.39 bits per heavy atom. The highest BCUT2D eigenvalue weighted by molar-refractivity contribution is 7.89. The first-order valence-electron chi connectivity index (χ1n) is 6.29. The second-order valence-electron chi connectivity index (χ2n) is 5.01. The van der Waals surface area contributed by atoms with Crippen molar-refractivity contribution >= 4 is 10.0 Å². The third-order valence-electron chi connectivity index (χ3n) is 3.43. The predicted molar refractivity (Wildman–Crippen MR) is 71.9 cm³/mol. The van der Waals surface area contributed by atoms with Crippen molar-refractivity contribution in [2.75, 3.05) is 13.1 Å². The molecule has 1 fully saturated rings. The summed E-state index contributed by atoms with van der Waals surface area (Å²) in [5.74, 6) is 0.367. The van der Waals surface area contributed by atoms with Gasteiger partial charge in [-0.1, -0.05) is 19.1 Å². The largest absolute Gasteiger partial charge is 0.315 e. The van der Waals surface area contributed by atoms with E-state index in [1.54, 1.807) is 18.2 Å². The maximum atomic E-state index is 12.3. The van der Waals surface area contributed by atoms with E-state index in [0.717, 1.165) is 18.5 Å². The quantitative estimate of drug-likeness (QED) is 0.868. The van der Waals surface area contributed by atoms with Gasteiger partial charge in [0, 0.05) is 12.6 Å². The summed E-state index contributed by atoms with van der Waals surface area (Å²) in [7, 11) is -3.41. The second kappa shape index (κ2) is 5.38. The van der Waals surface area contributed by atoms with Crippen molar-refractivity contribution < 1.29 is 8.42 Å². The molecule has 2 N–H and O–H groups in total. The summed E-state index contributed by atoms with van der Waals surface area (Å²) >= 11 is 0. The number of sulfonamides is 1. The summed E-state index contributed by atoms with van der Waals surface area (Å²) in [6, 6.07) is 6.97. The minimum absolute atomic E-state index is 0.0238. The number of benzene rings is 1. The normalized spacial score (nSPS) is 25.0. The van der Waals surface area contributed by atoms with Crippen LogP contribution < -0.4 is 10.0 Å². The van der Waals surface area contributed by atoms with Gasteiger partial charge in [-0.05, 0) is 43.5 Å². The van der Waals surface area contributed by atoms with Crippen LogP contribution in [0.25, 0.3) is 0 Å². The molecule has 0 amide bonds. The molecule has 0 spiro atoms. The fraction of sp³-hybridized carbons (Fsp3) is 0.538. The van der Waals surface area contributed by atoms with Gasteiger partial charge < -0.3 is 5.32 Å². The highest BCUT2D eigenvalue weighted by atomic mass is 32.2. The standard InChI is InChI=1S/C13H20N2O2S/c1-10-4-3-5-12(8-10)18(16,17)15-13-9-14-7-6-11(13)2/h3-5,8,11,13-15H,6-7,9H2,1-2H3/t11-,13+/m1/s1. The van der Waals surface area contributed by atoms with Gasteiger partial charge in [-0.2, -0.15) is 0 Å². The lowest BCUT2D eigenvalue weighted by molar-refractivity contribution is 0.327. The van der Waals surface area contributed by atoms with Crippen LogP contribution in [0.5, 0.6) is 0 Å². The first kappa shape index (κ1) is 13.5. The zero-order valence-corrected chi connectivity index (χ0v) is 11.6. The zero-order chi connectivity index (χ0) is 13.2. The average molecular weight is 268 g/mol. The molecule has 1 heterocycles. The van der Waals surface area contributed by atoms with Gasteiger partial charge in [0.1, 0.15) is 0 Å². The fourth-order valence-corrected chi connectivity index (χ4v) is 3.65. The minimum atomic E-state index is -3.41. The molecule has 1 aliphatic rings. The Labute approximate surface area is 109 Å². The summed E-state index contributed by atoms with van der Waals surface area (Å²) in [6.45, 7) is 5.64. The summed E-state index contributed by atoms with van der Waals surface area (Å²) in [5.41, 5.74) is 0.952. The monoisotopic (exact) mass is 268 g/mol. The Morgan fingerprint density at radius 3 is 2.83 bits per heavy atom. The van der Waals surface area contributed by atoms with Gasteiger partial charge in [0.2, 0.25) is 10.0 Å². The molecule has 0 bridgehead atoms. The number of rotatable bonds is 3. The van der Waals surface area contributed by atoms with Crippen LogP contribution in [0.15, 0.2) is 29.2 Å². The molecular formula is C13H20N2O2S. The van der Waals surface area contributed by atoms with E-state index < -0.39 is 10.0 Å². The molecule has 0 aromatic heterocycles. The van der Waals surface area contributed by atoms with Crippen LogP contribution in [0.4, 0.5) is 0 Å². The highest BCUT2D eigenvalue weighted by Crippen LogP contribution is 2.16. The third kappa shape index (κ3) is 3.10. The fourth-order valence-electron chi connectivity index (χ4n) is 2.20. The maximum Gasteiger partial charge on any atom is 0.240 e. The second-order valence-corrected chi connectivity index (χ2v) is 6.73. The minimum Gasteiger partial charge on any atom is -0.315 e. The Bertz CT molecular complexity index is 513. The molecule has 1 saturated heterocycles. The molecule has 4 nitrogen and oxygen atoms in total. The van der Waals surface area contributed by atoms with E-state index in [-0.39, 0.29) is 6.04 Å². The molecule has 5 heteroatoms. The number of aryl methyl sites for hydroxylation is 1. The summed E-state index contributed by atoms with van der Waals surface area (Å²) in [6.07, 6.45) is 1.00. The molecule has 18 heavy (non-hydrogen) atoms. The topological polar surface area (TPSA) is 58.2 Å². The smallest absolute Gasteiger partial charge is 0.240 e. The molecule has 1 aliphatic heterocycles. The lowest BCUT2D eigenvalue weighted by Gasteiger charge is -2.30. The van der Waals surface area contributed by atoms with Crippen LogP contribution in [0.2, 0.25) is 0 Å². The Balaban J connectivity index is 2.16. The van der Waals surface area contributed by atoms with Gasteiger partial charge >= 0.3 is 0 Å². The van der Waals surface area contributed by atoms with Crippen molar-refractivity contribution in [3.63, 3.8) is 0 Å². The number of nitrogens with one attached hydrogen (secondary N) is 2. The lowest BCUT2D eigenvalue weighted by atomic mass is 9.96. The van der Waals surface area contributed by atoms with Crippen molar-refractivity contribution in [3.05, 3.63) is 29.8 Å². The Kier molecular flexibility index (Phi) is 4.04. The Hall–Kier alpha value is -0.910. The van der Waals surface area contributed by atoms with E-state index in [9.17, 15) is 8.42 Å². The van der Waals surface area contributed by atoms with E-state index in [1.165, 1.54) is 0 Å². The van der Waals surface area contributed by atoms with Gasteiger partial charge in [0.25, 0.3) is 0 Å². The van der Waals surface area contributed by atoms with E-state index in [2.05, 4.69) is 17.0 Å². The van der Waals surface area contributed by atoms with Gasteiger partial charge in [-0.15, -0.1) is 0 Å². The number of hydrogen-bond donors (Lipinski definition) is 2. The van der Waals surface area contributed by atoms with Crippen LogP contribution in [0, 0.1) is 12.8 Å². The van der Waals surface area contributed by atoms with Crippen molar-refractivity contribution in [2.45, 2.75) is 31.2 Å². The molecular weight excluding hydrogens is 248 g/mol. The molecule has 0 aliphatic carbocycles. The van der Waals surface area contributed by atoms with E-state index in [0.29, 0.717) is 17.4 Å². The number of hydrogen-bond acceptors (Lipinski definition) is 3. The predicted octanol–water partition coefficient (Wildman–Crippen LogP) is 1.27. The molecule has 2 rings (SSSR count). The summed E-state index contributed by atoms with van der Waals surface area (Å²) < 4.78 is 27.3. The van der Waals surface area contributed by atoms with Crippen LogP contribution in [0.1, 0.15) is 18.9 Å². The van der Waals surface area contributed by atoms with E-state index in [1.807, 2.05) is 13.0 Å². The average Bonchev–Trinajstić information content (AvgIpc) is 2.32. The van der Waals surface area contributed by atoms with Gasteiger partial charge in [0.15, 0.2) is 0 Å². The lowest BCUT2D eigenvalue weighted by Crippen LogP contribution is -2.50. The van der Waals surface area contributed by atoms with Gasteiger partial charge in [-0.25, -0.2) is 13.1 Å². The molecule has 0 saturated carbocycles. The maximum absolute atomic E-state index is 12.3. The van der Waals surface area contributed by atoms with Crippen LogP contribution in [-0.4, -0.2) is 27.5 Å². The molecule has 2 atom stereocenters. The van der Waals surface area contributed by atoms with Gasteiger partial charge in [0.05, 0.1) is 4.90 Å². The SMILES string of the molecule is Cc1cccc(S(=O)(=O)N[C@H]2CNCC[C@H]2C)c1. The van der Waals surface area contributed by atoms with Crippen molar-refractivity contribution in [3.8, 4) is 0 Å². The van der Waals surface area contributed by atoms with Crippen LogP contribution in [0.3, 0.4) is 0 Å². The molecule has 0 unspecified atom stereocenters. The van der Waals surface area contributed by atoms with E-state index >= 15 is 0 Å². The van der Waals surface area contributed by atoms with Crippen LogP contribution >= 0.6 is 0 Å². The molecule has 1 aromatic carbocycles. The zero-order valence-electron chi connectivity index (χ0n) is 10.8. The third-order valence-corrected chi connectivity index (χ3v) is 4.92.